The van der Waals surface area contributed by atoms with E-state index in [4.69, 9.17) is 0 Å². The van der Waals surface area contributed by atoms with Gasteiger partial charge in [0.25, 0.3) is 0 Å². The molecule has 8 heteroatoms. The number of carbonyl (C=O) groups is 2. The fourth-order valence-electron chi connectivity index (χ4n) is 3.99. The summed E-state index contributed by atoms with van der Waals surface area (Å²) < 4.78 is 27.7. The van der Waals surface area contributed by atoms with Gasteiger partial charge in [0.1, 0.15) is 11.3 Å². The van der Waals surface area contributed by atoms with Gasteiger partial charge >= 0.3 is 0 Å². The van der Waals surface area contributed by atoms with Gasteiger partial charge in [-0.2, -0.15) is 0 Å². The zero-order valence-electron chi connectivity index (χ0n) is 14.5. The van der Waals surface area contributed by atoms with Crippen LogP contribution in [0, 0.1) is 5.92 Å². The highest BCUT2D eigenvalue weighted by atomic mass is 32.2. The summed E-state index contributed by atoms with van der Waals surface area (Å²) in [7, 11) is -3.65. The number of para-hydroxylation sites is 1. The number of hydrogen-bond acceptors (Lipinski definition) is 4. The molecular weight excluding hydrogens is 354 g/mol. The minimum Gasteiger partial charge on any atom is -0.340 e. The molecule has 1 aromatic rings. The normalized spacial score (nSPS) is 24.1. The summed E-state index contributed by atoms with van der Waals surface area (Å²) in [5.74, 6) is -0.198. The van der Waals surface area contributed by atoms with Gasteiger partial charge in [0.15, 0.2) is 0 Å². The van der Waals surface area contributed by atoms with Crippen LogP contribution < -0.4 is 10.0 Å². The molecule has 7 nitrogen and oxygen atoms in total. The molecule has 0 radical (unpaired) electrons. The largest absolute Gasteiger partial charge is 0.340 e. The summed E-state index contributed by atoms with van der Waals surface area (Å²) in [5, 5.41) is 2.10. The topological polar surface area (TPSA) is 95.6 Å². The zero-order valence-corrected chi connectivity index (χ0v) is 15.3. The number of hydrogen-bond donors (Lipinski definition) is 2. The number of rotatable bonds is 4. The quantitative estimate of drug-likeness (QED) is 0.814. The van der Waals surface area contributed by atoms with Crippen LogP contribution in [-0.2, 0) is 26.0 Å². The Labute approximate surface area is 153 Å². The molecule has 2 N–H and O–H groups in total. The van der Waals surface area contributed by atoms with Crippen LogP contribution in [0.1, 0.15) is 31.2 Å². The first-order valence-corrected chi connectivity index (χ1v) is 10.7. The Bertz CT molecular complexity index is 827. The van der Waals surface area contributed by atoms with Crippen molar-refractivity contribution in [2.24, 2.45) is 5.92 Å². The molecule has 1 aromatic carbocycles. The van der Waals surface area contributed by atoms with Gasteiger partial charge in [-0.05, 0) is 30.9 Å². The van der Waals surface area contributed by atoms with E-state index in [1.54, 1.807) is 11.0 Å². The van der Waals surface area contributed by atoms with Gasteiger partial charge in [0, 0.05) is 24.7 Å². The van der Waals surface area contributed by atoms with Crippen molar-refractivity contribution in [3.05, 3.63) is 29.8 Å². The van der Waals surface area contributed by atoms with Crippen LogP contribution >= 0.6 is 0 Å². The Morgan fingerprint density at radius 1 is 1.15 bits per heavy atom. The van der Waals surface area contributed by atoms with Crippen LogP contribution in [0.3, 0.4) is 0 Å². The lowest BCUT2D eigenvalue weighted by molar-refractivity contribution is -0.138. The minimum absolute atomic E-state index is 0.0623. The third kappa shape index (κ3) is 3.23. The van der Waals surface area contributed by atoms with Gasteiger partial charge in [0.05, 0.1) is 0 Å². The molecule has 1 aliphatic carbocycles. The van der Waals surface area contributed by atoms with Crippen LogP contribution in [-0.4, -0.2) is 49.5 Å². The molecule has 0 aromatic heterocycles. The number of nitrogens with zero attached hydrogens (tertiary/aromatic N) is 1. The van der Waals surface area contributed by atoms with Crippen molar-refractivity contribution >= 4 is 27.5 Å². The van der Waals surface area contributed by atoms with Crippen LogP contribution in [0.15, 0.2) is 24.3 Å². The highest BCUT2D eigenvalue weighted by Crippen LogP contribution is 2.29. The number of amides is 2. The molecule has 1 atom stereocenters. The Morgan fingerprint density at radius 2 is 1.85 bits per heavy atom. The molecule has 2 amide bonds. The standard InChI is InChI=1S/C18H23N3O4S/c22-17-16(9-13-7-3-4-8-15(13)19-17)20-26(24,25)14-10-21(11-14)18(23)12-5-1-2-6-12/h3-4,7-8,12,14,16,20H,1-2,5-6,9-11H2,(H,19,22). The van der Waals surface area contributed by atoms with Crippen molar-refractivity contribution in [1.29, 1.82) is 0 Å². The van der Waals surface area contributed by atoms with E-state index in [9.17, 15) is 18.0 Å². The third-order valence-electron chi connectivity index (χ3n) is 5.63. The summed E-state index contributed by atoms with van der Waals surface area (Å²) in [6.07, 6.45) is 4.30. The van der Waals surface area contributed by atoms with Gasteiger partial charge in [-0.1, -0.05) is 31.0 Å². The van der Waals surface area contributed by atoms with Gasteiger partial charge in [-0.15, -0.1) is 0 Å². The number of carbonyl (C=O) groups excluding carboxylic acids is 2. The molecule has 26 heavy (non-hydrogen) atoms. The number of nitrogens with one attached hydrogen (secondary N) is 2. The average Bonchev–Trinajstić information content (AvgIpc) is 3.08. The summed E-state index contributed by atoms with van der Waals surface area (Å²) in [4.78, 5) is 26.2. The molecule has 3 aliphatic rings. The summed E-state index contributed by atoms with van der Waals surface area (Å²) in [5.41, 5.74) is 1.64. The van der Waals surface area contributed by atoms with Crippen molar-refractivity contribution in [2.75, 3.05) is 18.4 Å². The molecule has 140 valence electrons. The van der Waals surface area contributed by atoms with E-state index in [1.807, 2.05) is 18.2 Å². The first-order chi connectivity index (χ1) is 12.4. The maximum Gasteiger partial charge on any atom is 0.242 e. The van der Waals surface area contributed by atoms with Gasteiger partial charge in [-0.3, -0.25) is 9.59 Å². The van der Waals surface area contributed by atoms with Gasteiger partial charge in [-0.25, -0.2) is 13.1 Å². The second-order valence-corrected chi connectivity index (χ2v) is 9.40. The average molecular weight is 377 g/mol. The van der Waals surface area contributed by atoms with Crippen LogP contribution in [0.25, 0.3) is 0 Å². The lowest BCUT2D eigenvalue weighted by Crippen LogP contribution is -2.62. The van der Waals surface area contributed by atoms with Crippen molar-refractivity contribution in [2.45, 2.75) is 43.4 Å². The number of sulfonamides is 1. The number of fused-ring (bicyclic) bond motifs is 1. The Morgan fingerprint density at radius 3 is 2.58 bits per heavy atom. The van der Waals surface area contributed by atoms with E-state index in [0.29, 0.717) is 6.42 Å². The highest BCUT2D eigenvalue weighted by Gasteiger charge is 2.43. The molecule has 2 heterocycles. The highest BCUT2D eigenvalue weighted by molar-refractivity contribution is 7.90. The van der Waals surface area contributed by atoms with Crippen LogP contribution in [0.2, 0.25) is 0 Å². The second-order valence-electron chi connectivity index (χ2n) is 7.41. The number of benzene rings is 1. The van der Waals surface area contributed by atoms with Crippen molar-refractivity contribution < 1.29 is 18.0 Å². The Hall–Kier alpha value is -1.93. The van der Waals surface area contributed by atoms with E-state index in [2.05, 4.69) is 10.0 Å². The first-order valence-electron chi connectivity index (χ1n) is 9.13. The monoisotopic (exact) mass is 377 g/mol. The molecule has 2 aliphatic heterocycles. The summed E-state index contributed by atoms with van der Waals surface area (Å²) >= 11 is 0. The van der Waals surface area contributed by atoms with Gasteiger partial charge in [0.2, 0.25) is 21.8 Å². The first kappa shape index (κ1) is 17.5. The molecular formula is C18H23N3O4S. The van der Waals surface area contributed by atoms with Crippen molar-refractivity contribution in [3.63, 3.8) is 0 Å². The Kier molecular flexibility index (Phi) is 4.48. The number of likely N-dealkylation sites (tertiary alicyclic amines) is 1. The van der Waals surface area contributed by atoms with E-state index in [-0.39, 0.29) is 30.8 Å². The maximum atomic E-state index is 12.6. The fraction of sp³-hybridized carbons (Fsp3) is 0.556. The molecule has 1 saturated carbocycles. The maximum absolute atomic E-state index is 12.6. The number of anilines is 1. The predicted molar refractivity (Wildman–Crippen MR) is 96.9 cm³/mol. The lowest BCUT2D eigenvalue weighted by Gasteiger charge is -2.40. The second kappa shape index (κ2) is 6.66. The molecule has 2 fully saturated rings. The molecule has 1 unspecified atom stereocenters. The molecule has 4 rings (SSSR count). The van der Waals surface area contributed by atoms with Crippen LogP contribution in [0.4, 0.5) is 5.69 Å². The molecule has 0 bridgehead atoms. The predicted octanol–water partition coefficient (Wildman–Crippen LogP) is 0.870. The zero-order chi connectivity index (χ0) is 18.3. The van der Waals surface area contributed by atoms with E-state index in [1.165, 1.54) is 0 Å². The van der Waals surface area contributed by atoms with Crippen molar-refractivity contribution in [3.8, 4) is 0 Å². The Balaban J connectivity index is 1.36. The SMILES string of the molecule is O=C1Nc2ccccc2CC1NS(=O)(=O)C1CN(C(=O)C2CCCC2)C1. The van der Waals surface area contributed by atoms with Crippen LogP contribution in [0.5, 0.6) is 0 Å². The fourth-order valence-corrected chi connectivity index (χ4v) is 5.52. The molecule has 1 saturated heterocycles. The van der Waals surface area contributed by atoms with E-state index < -0.39 is 21.3 Å². The van der Waals surface area contributed by atoms with E-state index >= 15 is 0 Å². The van der Waals surface area contributed by atoms with Crippen molar-refractivity contribution in [1.82, 2.24) is 9.62 Å². The molecule has 0 spiro atoms. The van der Waals surface area contributed by atoms with E-state index in [0.717, 1.165) is 36.9 Å². The summed E-state index contributed by atoms with van der Waals surface area (Å²) in [6.45, 7) is 0.436. The third-order valence-corrected chi connectivity index (χ3v) is 7.41. The smallest absolute Gasteiger partial charge is 0.242 e. The summed E-state index contributed by atoms with van der Waals surface area (Å²) in [6, 6.07) is 6.56. The minimum atomic E-state index is -3.65. The van der Waals surface area contributed by atoms with Gasteiger partial charge < -0.3 is 10.2 Å². The lowest BCUT2D eigenvalue weighted by atomic mass is 10.00.